The topological polar surface area (TPSA) is 42.4 Å². The maximum atomic E-state index is 12.6. The molecule has 0 saturated heterocycles. The summed E-state index contributed by atoms with van der Waals surface area (Å²) in [4.78, 5) is 20.1. The minimum atomic E-state index is -0.0409. The first-order chi connectivity index (χ1) is 12.6. The van der Waals surface area contributed by atoms with Crippen molar-refractivity contribution in [1.29, 1.82) is 0 Å². The second-order valence-corrected chi connectivity index (χ2v) is 8.00. The molecule has 0 aliphatic rings. The number of carbonyl (C=O) groups excluding carboxylic acids is 1. The van der Waals surface area contributed by atoms with Crippen LogP contribution in [-0.4, -0.2) is 35.2 Å². The van der Waals surface area contributed by atoms with Crippen molar-refractivity contribution in [2.45, 2.75) is 24.8 Å². The number of amides is 1. The fourth-order valence-corrected chi connectivity index (χ4v) is 4.38. The van der Waals surface area contributed by atoms with Crippen LogP contribution >= 0.6 is 23.1 Å². The molecule has 3 aromatic rings. The van der Waals surface area contributed by atoms with Crippen LogP contribution < -0.4 is 4.74 Å². The van der Waals surface area contributed by atoms with E-state index in [4.69, 9.17) is 4.74 Å². The van der Waals surface area contributed by atoms with Crippen molar-refractivity contribution < 1.29 is 9.53 Å². The molecule has 1 amide bonds. The van der Waals surface area contributed by atoms with Gasteiger partial charge >= 0.3 is 0 Å². The van der Waals surface area contributed by atoms with Crippen LogP contribution in [0.25, 0.3) is 10.2 Å². The summed E-state index contributed by atoms with van der Waals surface area (Å²) in [7, 11) is 1.85. The van der Waals surface area contributed by atoms with E-state index in [9.17, 15) is 4.79 Å². The van der Waals surface area contributed by atoms with Gasteiger partial charge in [0.05, 0.1) is 28.6 Å². The van der Waals surface area contributed by atoms with Crippen LogP contribution in [0.5, 0.6) is 5.75 Å². The molecule has 0 spiro atoms. The van der Waals surface area contributed by atoms with Crippen molar-refractivity contribution in [3.05, 3.63) is 53.5 Å². The summed E-state index contributed by atoms with van der Waals surface area (Å²) < 4.78 is 6.59. The van der Waals surface area contributed by atoms with Gasteiger partial charge in [-0.3, -0.25) is 4.79 Å². The van der Waals surface area contributed by atoms with Crippen LogP contribution in [0, 0.1) is 0 Å². The lowest BCUT2D eigenvalue weighted by Gasteiger charge is -2.23. The Kier molecular flexibility index (Phi) is 6.16. The summed E-state index contributed by atoms with van der Waals surface area (Å²) >= 11 is 3.18. The number of rotatable bonds is 7. The van der Waals surface area contributed by atoms with Crippen LogP contribution in [-0.2, 0) is 4.79 Å². The normalized spacial score (nSPS) is 12.1. The van der Waals surface area contributed by atoms with Crippen molar-refractivity contribution >= 4 is 39.2 Å². The Labute approximate surface area is 162 Å². The lowest BCUT2D eigenvalue weighted by Crippen LogP contribution is -2.31. The minimum Gasteiger partial charge on any atom is -0.494 e. The van der Waals surface area contributed by atoms with Crippen LogP contribution in [0.3, 0.4) is 0 Å². The molecule has 3 rings (SSSR count). The lowest BCUT2D eigenvalue weighted by molar-refractivity contribution is -0.128. The predicted octanol–water partition coefficient (Wildman–Crippen LogP) is 5.01. The third-order valence-corrected chi connectivity index (χ3v) is 6.34. The molecule has 0 saturated carbocycles. The van der Waals surface area contributed by atoms with Gasteiger partial charge in [-0.15, -0.1) is 23.1 Å². The first-order valence-corrected chi connectivity index (χ1v) is 10.4. The summed E-state index contributed by atoms with van der Waals surface area (Å²) in [6.07, 6.45) is 0. The Morgan fingerprint density at radius 2 is 1.96 bits per heavy atom. The van der Waals surface area contributed by atoms with Crippen LogP contribution in [0.2, 0.25) is 0 Å². The van der Waals surface area contributed by atoms with E-state index in [1.165, 1.54) is 11.8 Å². The molecular weight excluding hydrogens is 364 g/mol. The Morgan fingerprint density at radius 1 is 1.23 bits per heavy atom. The van der Waals surface area contributed by atoms with E-state index < -0.39 is 0 Å². The maximum absolute atomic E-state index is 12.6. The molecule has 0 aliphatic carbocycles. The Morgan fingerprint density at radius 3 is 2.65 bits per heavy atom. The summed E-state index contributed by atoms with van der Waals surface area (Å²) in [6, 6.07) is 15.9. The first-order valence-electron chi connectivity index (χ1n) is 8.55. The first kappa shape index (κ1) is 18.7. The number of thiazole rings is 1. The highest BCUT2D eigenvalue weighted by Gasteiger charge is 2.20. The van der Waals surface area contributed by atoms with Crippen LogP contribution in [0.1, 0.15) is 24.9 Å². The number of thioether (sulfide) groups is 1. The second-order valence-electron chi connectivity index (χ2n) is 5.89. The molecule has 6 heteroatoms. The highest BCUT2D eigenvalue weighted by atomic mass is 32.2. The van der Waals surface area contributed by atoms with Gasteiger partial charge in [0.2, 0.25) is 5.91 Å². The summed E-state index contributed by atoms with van der Waals surface area (Å²) in [6.45, 7) is 4.64. The van der Waals surface area contributed by atoms with Gasteiger partial charge in [0.15, 0.2) is 0 Å². The molecule has 0 fully saturated rings. The van der Waals surface area contributed by atoms with E-state index in [-0.39, 0.29) is 11.9 Å². The van der Waals surface area contributed by atoms with Gasteiger partial charge in [-0.25, -0.2) is 4.98 Å². The SMILES string of the molecule is CCOc1ccc(SCC(=O)N(C)[C@H](C)c2nc3ccccc3s2)cc1. The molecule has 0 aliphatic heterocycles. The van der Waals surface area contributed by atoms with E-state index >= 15 is 0 Å². The predicted molar refractivity (Wildman–Crippen MR) is 109 cm³/mol. The van der Waals surface area contributed by atoms with Crippen molar-refractivity contribution in [1.82, 2.24) is 9.88 Å². The van der Waals surface area contributed by atoms with Crippen LogP contribution in [0.15, 0.2) is 53.4 Å². The number of fused-ring (bicyclic) bond motifs is 1. The standard InChI is InChI=1S/C20H22N2O2S2/c1-4-24-15-9-11-16(12-10-15)25-13-19(23)22(3)14(2)20-21-17-7-5-6-8-18(17)26-20/h5-12,14H,4,13H2,1-3H3/t14-/m1/s1. The zero-order valence-electron chi connectivity index (χ0n) is 15.1. The Hall–Kier alpha value is -2.05. The Bertz CT molecular complexity index is 844. The third-order valence-electron chi connectivity index (χ3n) is 4.14. The molecule has 0 bridgehead atoms. The zero-order chi connectivity index (χ0) is 18.5. The number of carbonyl (C=O) groups is 1. The number of benzene rings is 2. The minimum absolute atomic E-state index is 0.0409. The van der Waals surface area contributed by atoms with Gasteiger partial charge in [0, 0.05) is 11.9 Å². The molecule has 1 atom stereocenters. The lowest BCUT2D eigenvalue weighted by atomic mass is 10.3. The van der Waals surface area contributed by atoms with Gasteiger partial charge in [0.25, 0.3) is 0 Å². The highest BCUT2D eigenvalue weighted by molar-refractivity contribution is 8.00. The number of ether oxygens (including phenoxy) is 1. The van der Waals surface area contributed by atoms with Crippen molar-refractivity contribution in [3.8, 4) is 5.75 Å². The van der Waals surface area contributed by atoms with Gasteiger partial charge < -0.3 is 9.64 Å². The molecule has 1 heterocycles. The number of hydrogen-bond donors (Lipinski definition) is 0. The fourth-order valence-electron chi connectivity index (χ4n) is 2.50. The number of aromatic nitrogens is 1. The smallest absolute Gasteiger partial charge is 0.233 e. The van der Waals surface area contributed by atoms with Crippen molar-refractivity contribution in [2.24, 2.45) is 0 Å². The molecule has 26 heavy (non-hydrogen) atoms. The molecule has 2 aromatic carbocycles. The second kappa shape index (κ2) is 8.56. The van der Waals surface area contributed by atoms with Gasteiger partial charge in [-0.1, -0.05) is 12.1 Å². The number of para-hydroxylation sites is 1. The molecule has 136 valence electrons. The van der Waals surface area contributed by atoms with Gasteiger partial charge in [-0.05, 0) is 50.2 Å². The summed E-state index contributed by atoms with van der Waals surface area (Å²) in [5, 5.41) is 0.966. The molecule has 4 nitrogen and oxygen atoms in total. The maximum Gasteiger partial charge on any atom is 0.233 e. The molecule has 1 aromatic heterocycles. The number of hydrogen-bond acceptors (Lipinski definition) is 5. The highest BCUT2D eigenvalue weighted by Crippen LogP contribution is 2.29. The third kappa shape index (κ3) is 4.37. The average Bonchev–Trinajstić information content (AvgIpc) is 3.10. The van der Waals surface area contributed by atoms with E-state index in [2.05, 4.69) is 11.1 Å². The molecule has 0 unspecified atom stereocenters. The van der Waals surface area contributed by atoms with Crippen molar-refractivity contribution in [2.75, 3.05) is 19.4 Å². The van der Waals surface area contributed by atoms with Crippen LogP contribution in [0.4, 0.5) is 0 Å². The average molecular weight is 387 g/mol. The molecule has 0 radical (unpaired) electrons. The van der Waals surface area contributed by atoms with E-state index in [1.807, 2.05) is 63.4 Å². The van der Waals surface area contributed by atoms with Gasteiger partial charge in [0.1, 0.15) is 10.8 Å². The zero-order valence-corrected chi connectivity index (χ0v) is 16.8. The van der Waals surface area contributed by atoms with E-state index in [0.29, 0.717) is 12.4 Å². The molecular formula is C20H22N2O2S2. The van der Waals surface area contributed by atoms with Crippen molar-refractivity contribution in [3.63, 3.8) is 0 Å². The largest absolute Gasteiger partial charge is 0.494 e. The monoisotopic (exact) mass is 386 g/mol. The van der Waals surface area contributed by atoms with E-state index in [1.54, 1.807) is 16.2 Å². The Balaban J connectivity index is 1.59. The summed E-state index contributed by atoms with van der Waals surface area (Å²) in [5.74, 6) is 1.35. The summed E-state index contributed by atoms with van der Waals surface area (Å²) in [5.41, 5.74) is 0.990. The quantitative estimate of drug-likeness (QED) is 0.536. The molecule has 0 N–H and O–H groups in total. The fraction of sp³-hybridized carbons (Fsp3) is 0.300. The number of nitrogens with zero attached hydrogens (tertiary/aromatic N) is 2. The van der Waals surface area contributed by atoms with E-state index in [0.717, 1.165) is 25.9 Å². The van der Waals surface area contributed by atoms with Gasteiger partial charge in [-0.2, -0.15) is 0 Å².